The Morgan fingerprint density at radius 2 is 2.33 bits per heavy atom. The van der Waals surface area contributed by atoms with Gasteiger partial charge in [-0.15, -0.1) is 0 Å². The highest BCUT2D eigenvalue weighted by Gasteiger charge is 2.22. The fourth-order valence-electron chi connectivity index (χ4n) is 2.34. The topological polar surface area (TPSA) is 33.2 Å². The van der Waals surface area contributed by atoms with E-state index in [1.165, 1.54) is 5.56 Å². The predicted molar refractivity (Wildman–Crippen MR) is 71.9 cm³/mol. The smallest absolute Gasteiger partial charge is 0.226 e. The second-order valence-electron chi connectivity index (χ2n) is 4.98. The van der Waals surface area contributed by atoms with E-state index in [2.05, 4.69) is 17.1 Å². The van der Waals surface area contributed by atoms with Gasteiger partial charge in [-0.05, 0) is 43.4 Å². The first-order chi connectivity index (χ1) is 8.68. The number of aromatic nitrogens is 1. The molecule has 3 nitrogen and oxygen atoms in total. The second kappa shape index (κ2) is 5.80. The van der Waals surface area contributed by atoms with Gasteiger partial charge in [0.2, 0.25) is 5.91 Å². The van der Waals surface area contributed by atoms with E-state index in [1.807, 2.05) is 31.1 Å². The van der Waals surface area contributed by atoms with Crippen LogP contribution in [0.3, 0.4) is 0 Å². The molecule has 0 radical (unpaired) electrons. The van der Waals surface area contributed by atoms with Crippen molar-refractivity contribution in [3.63, 3.8) is 0 Å². The first-order valence-electron chi connectivity index (χ1n) is 6.48. The molecule has 1 aromatic rings. The molecule has 1 aromatic heterocycles. The third-order valence-electron chi connectivity index (χ3n) is 3.54. The molecule has 2 rings (SSSR count). The summed E-state index contributed by atoms with van der Waals surface area (Å²) >= 11 is 0. The highest BCUT2D eigenvalue weighted by molar-refractivity contribution is 5.79. The van der Waals surface area contributed by atoms with Crippen molar-refractivity contribution in [2.45, 2.75) is 32.7 Å². The van der Waals surface area contributed by atoms with Gasteiger partial charge >= 0.3 is 0 Å². The first-order valence-corrected chi connectivity index (χ1v) is 6.48. The van der Waals surface area contributed by atoms with Crippen molar-refractivity contribution in [3.8, 4) is 0 Å². The number of allylic oxidation sites excluding steroid dienone is 2. The Labute approximate surface area is 109 Å². The number of pyridine rings is 1. The fourth-order valence-corrected chi connectivity index (χ4v) is 2.34. The predicted octanol–water partition coefficient (Wildman–Crippen LogP) is 2.70. The number of hydrogen-bond donors (Lipinski definition) is 0. The molecule has 18 heavy (non-hydrogen) atoms. The standard InChI is InChI=1S/C15H20N2O/c1-12-10-16-9-8-14(12)11-17(2)15(18)13-6-4-3-5-7-13/h3-4,8-10,13H,5-7,11H2,1-2H3/t13-/m1/s1. The molecule has 0 spiro atoms. The van der Waals surface area contributed by atoms with Crippen LogP contribution in [0.25, 0.3) is 0 Å². The minimum Gasteiger partial charge on any atom is -0.341 e. The molecule has 0 N–H and O–H groups in total. The van der Waals surface area contributed by atoms with Gasteiger partial charge in [0.15, 0.2) is 0 Å². The third kappa shape index (κ3) is 2.97. The van der Waals surface area contributed by atoms with Crippen LogP contribution < -0.4 is 0 Å². The van der Waals surface area contributed by atoms with Crippen molar-refractivity contribution >= 4 is 5.91 Å². The van der Waals surface area contributed by atoms with Gasteiger partial charge in [0.25, 0.3) is 0 Å². The molecule has 1 atom stereocenters. The number of aryl methyl sites for hydroxylation is 1. The lowest BCUT2D eigenvalue weighted by Crippen LogP contribution is -2.33. The molecule has 3 heteroatoms. The molecule has 0 saturated carbocycles. The third-order valence-corrected chi connectivity index (χ3v) is 3.54. The average molecular weight is 244 g/mol. The normalized spacial score (nSPS) is 18.7. The van der Waals surface area contributed by atoms with Crippen LogP contribution in [0.15, 0.2) is 30.6 Å². The molecule has 0 unspecified atom stereocenters. The van der Waals surface area contributed by atoms with E-state index in [1.54, 1.807) is 6.20 Å². The maximum Gasteiger partial charge on any atom is 0.226 e. The Bertz CT molecular complexity index is 454. The Hall–Kier alpha value is -1.64. The lowest BCUT2D eigenvalue weighted by molar-refractivity contribution is -0.135. The summed E-state index contributed by atoms with van der Waals surface area (Å²) in [6.07, 6.45) is 10.8. The van der Waals surface area contributed by atoms with Crippen LogP contribution in [0.5, 0.6) is 0 Å². The van der Waals surface area contributed by atoms with Gasteiger partial charge in [0.1, 0.15) is 0 Å². The molecule has 1 heterocycles. The zero-order valence-electron chi connectivity index (χ0n) is 11.1. The second-order valence-corrected chi connectivity index (χ2v) is 4.98. The molecular formula is C15H20N2O. The van der Waals surface area contributed by atoms with E-state index in [9.17, 15) is 4.79 Å². The van der Waals surface area contributed by atoms with Gasteiger partial charge < -0.3 is 4.90 Å². The monoisotopic (exact) mass is 244 g/mol. The van der Waals surface area contributed by atoms with Gasteiger partial charge in [-0.1, -0.05) is 12.2 Å². The SMILES string of the molecule is Cc1cnccc1CN(C)C(=O)[C@@H]1CC=CCC1. The van der Waals surface area contributed by atoms with Gasteiger partial charge in [0, 0.05) is 31.9 Å². The van der Waals surface area contributed by atoms with E-state index in [4.69, 9.17) is 0 Å². The maximum atomic E-state index is 12.3. The summed E-state index contributed by atoms with van der Waals surface area (Å²) in [7, 11) is 1.89. The fraction of sp³-hybridized carbons (Fsp3) is 0.467. The zero-order chi connectivity index (χ0) is 13.0. The Kier molecular flexibility index (Phi) is 4.13. The van der Waals surface area contributed by atoms with E-state index >= 15 is 0 Å². The minimum absolute atomic E-state index is 0.169. The number of carbonyl (C=O) groups is 1. The van der Waals surface area contributed by atoms with E-state index in [0.29, 0.717) is 6.54 Å². The van der Waals surface area contributed by atoms with E-state index in [0.717, 1.165) is 24.8 Å². The Balaban J connectivity index is 1.99. The summed E-state index contributed by atoms with van der Waals surface area (Å²) in [5.41, 5.74) is 2.31. The van der Waals surface area contributed by atoms with Crippen LogP contribution >= 0.6 is 0 Å². The van der Waals surface area contributed by atoms with E-state index in [-0.39, 0.29) is 11.8 Å². The molecule has 0 fully saturated rings. The van der Waals surface area contributed by atoms with Crippen LogP contribution in [0.1, 0.15) is 30.4 Å². The number of carbonyl (C=O) groups excluding carboxylic acids is 1. The molecule has 1 aliphatic carbocycles. The quantitative estimate of drug-likeness (QED) is 0.766. The molecule has 0 saturated heterocycles. The van der Waals surface area contributed by atoms with Gasteiger partial charge in [0.05, 0.1) is 0 Å². The molecule has 96 valence electrons. The number of rotatable bonds is 3. The van der Waals surface area contributed by atoms with Crippen molar-refractivity contribution in [2.75, 3.05) is 7.05 Å². The van der Waals surface area contributed by atoms with Crippen molar-refractivity contribution in [2.24, 2.45) is 5.92 Å². The van der Waals surface area contributed by atoms with E-state index < -0.39 is 0 Å². The number of nitrogens with zero attached hydrogens (tertiary/aromatic N) is 2. The number of hydrogen-bond acceptors (Lipinski definition) is 2. The summed E-state index contributed by atoms with van der Waals surface area (Å²) < 4.78 is 0. The zero-order valence-corrected chi connectivity index (χ0v) is 11.1. The molecular weight excluding hydrogens is 224 g/mol. The van der Waals surface area contributed by atoms with Crippen molar-refractivity contribution in [3.05, 3.63) is 41.7 Å². The molecule has 1 aliphatic rings. The van der Waals surface area contributed by atoms with Crippen molar-refractivity contribution < 1.29 is 4.79 Å². The summed E-state index contributed by atoms with van der Waals surface area (Å²) in [4.78, 5) is 18.2. The van der Waals surface area contributed by atoms with Crippen LogP contribution in [0, 0.1) is 12.8 Å². The highest BCUT2D eigenvalue weighted by atomic mass is 16.2. The summed E-state index contributed by atoms with van der Waals surface area (Å²) in [6.45, 7) is 2.71. The summed E-state index contributed by atoms with van der Waals surface area (Å²) in [6, 6.07) is 1.99. The van der Waals surface area contributed by atoms with Crippen LogP contribution in [-0.4, -0.2) is 22.8 Å². The van der Waals surface area contributed by atoms with Crippen LogP contribution in [-0.2, 0) is 11.3 Å². The molecule has 0 bridgehead atoms. The molecule has 0 aromatic carbocycles. The molecule has 0 aliphatic heterocycles. The summed E-state index contributed by atoms with van der Waals surface area (Å²) in [5.74, 6) is 0.428. The maximum absolute atomic E-state index is 12.3. The molecule has 1 amide bonds. The van der Waals surface area contributed by atoms with Gasteiger partial charge in [-0.25, -0.2) is 0 Å². The van der Waals surface area contributed by atoms with Crippen LogP contribution in [0.4, 0.5) is 0 Å². The Morgan fingerprint density at radius 3 is 3.00 bits per heavy atom. The minimum atomic E-state index is 0.169. The van der Waals surface area contributed by atoms with Crippen molar-refractivity contribution in [1.29, 1.82) is 0 Å². The average Bonchev–Trinajstić information content (AvgIpc) is 2.41. The van der Waals surface area contributed by atoms with Gasteiger partial charge in [-0.2, -0.15) is 0 Å². The lowest BCUT2D eigenvalue weighted by Gasteiger charge is -2.25. The number of amides is 1. The largest absolute Gasteiger partial charge is 0.341 e. The first kappa shape index (κ1) is 12.8. The van der Waals surface area contributed by atoms with Crippen LogP contribution in [0.2, 0.25) is 0 Å². The lowest BCUT2D eigenvalue weighted by atomic mass is 9.93. The summed E-state index contributed by atoms with van der Waals surface area (Å²) in [5, 5.41) is 0. The highest BCUT2D eigenvalue weighted by Crippen LogP contribution is 2.21. The van der Waals surface area contributed by atoms with Gasteiger partial charge in [-0.3, -0.25) is 9.78 Å². The van der Waals surface area contributed by atoms with Crippen molar-refractivity contribution in [1.82, 2.24) is 9.88 Å². The Morgan fingerprint density at radius 1 is 1.50 bits per heavy atom.